The highest BCUT2D eigenvalue weighted by Gasteiger charge is 2.13. The Hall–Kier alpha value is -3.08. The van der Waals surface area contributed by atoms with Gasteiger partial charge in [0.15, 0.2) is 0 Å². The minimum atomic E-state index is -0.262. The zero-order valence-corrected chi connectivity index (χ0v) is 12.9. The van der Waals surface area contributed by atoms with Crippen LogP contribution in [0.2, 0.25) is 0 Å². The molecule has 23 heavy (non-hydrogen) atoms. The monoisotopic (exact) mass is 308 g/mol. The van der Waals surface area contributed by atoms with Gasteiger partial charge in [-0.3, -0.25) is 9.59 Å². The maximum atomic E-state index is 12.6. The Balaban J connectivity index is 2.00. The summed E-state index contributed by atoms with van der Waals surface area (Å²) in [5.41, 5.74) is 0.994. The number of benzene rings is 2. The van der Waals surface area contributed by atoms with Gasteiger partial charge in [-0.05, 0) is 30.3 Å². The number of nitrogens with one attached hydrogen (secondary N) is 1. The van der Waals surface area contributed by atoms with Crippen molar-refractivity contribution in [1.29, 1.82) is 0 Å². The second-order valence-corrected chi connectivity index (χ2v) is 5.19. The van der Waals surface area contributed by atoms with Gasteiger partial charge in [-0.15, -0.1) is 0 Å². The SMILES string of the molecule is COc1ccc(NC(=O)c2cn(C)c(=O)c3ccccc23)cc1. The number of nitrogens with zero attached hydrogens (tertiary/aromatic N) is 1. The number of aryl methyl sites for hydroxylation is 1. The van der Waals surface area contributed by atoms with Crippen LogP contribution in [0, 0.1) is 0 Å². The van der Waals surface area contributed by atoms with E-state index in [9.17, 15) is 9.59 Å². The number of hydrogen-bond acceptors (Lipinski definition) is 3. The summed E-state index contributed by atoms with van der Waals surface area (Å²) in [6.07, 6.45) is 1.56. The molecule has 1 amide bonds. The molecule has 0 saturated heterocycles. The molecule has 1 aromatic heterocycles. The summed E-state index contributed by atoms with van der Waals surface area (Å²) >= 11 is 0. The van der Waals surface area contributed by atoms with Crippen LogP contribution in [0.25, 0.3) is 10.8 Å². The molecule has 0 fully saturated rings. The maximum absolute atomic E-state index is 12.6. The van der Waals surface area contributed by atoms with Crippen molar-refractivity contribution in [1.82, 2.24) is 4.57 Å². The fourth-order valence-corrected chi connectivity index (χ4v) is 2.47. The summed E-state index contributed by atoms with van der Waals surface area (Å²) in [6, 6.07) is 14.2. The van der Waals surface area contributed by atoms with E-state index in [2.05, 4.69) is 5.32 Å². The van der Waals surface area contributed by atoms with Gasteiger partial charge in [0.2, 0.25) is 0 Å². The second-order valence-electron chi connectivity index (χ2n) is 5.19. The lowest BCUT2D eigenvalue weighted by Crippen LogP contribution is -2.21. The summed E-state index contributed by atoms with van der Waals surface area (Å²) < 4.78 is 6.52. The largest absolute Gasteiger partial charge is 0.497 e. The maximum Gasteiger partial charge on any atom is 0.258 e. The first-order valence-electron chi connectivity index (χ1n) is 7.14. The molecule has 116 valence electrons. The fraction of sp³-hybridized carbons (Fsp3) is 0.111. The highest BCUT2D eigenvalue weighted by molar-refractivity contribution is 6.12. The zero-order valence-electron chi connectivity index (χ0n) is 12.9. The van der Waals surface area contributed by atoms with E-state index >= 15 is 0 Å². The average Bonchev–Trinajstić information content (AvgIpc) is 2.58. The number of fused-ring (bicyclic) bond motifs is 1. The lowest BCUT2D eigenvalue weighted by Gasteiger charge is -2.10. The van der Waals surface area contributed by atoms with E-state index in [1.165, 1.54) is 4.57 Å². The van der Waals surface area contributed by atoms with Crippen molar-refractivity contribution in [2.45, 2.75) is 0 Å². The molecule has 0 saturated carbocycles. The zero-order chi connectivity index (χ0) is 16.4. The molecule has 5 nitrogen and oxygen atoms in total. The third kappa shape index (κ3) is 2.81. The van der Waals surface area contributed by atoms with Gasteiger partial charge in [-0.2, -0.15) is 0 Å². The lowest BCUT2D eigenvalue weighted by molar-refractivity contribution is 0.102. The molecular formula is C18H16N2O3. The quantitative estimate of drug-likeness (QED) is 0.809. The molecule has 0 radical (unpaired) electrons. The van der Waals surface area contributed by atoms with Gasteiger partial charge in [0.1, 0.15) is 5.75 Å². The highest BCUT2D eigenvalue weighted by Crippen LogP contribution is 2.19. The van der Waals surface area contributed by atoms with E-state index in [4.69, 9.17) is 4.74 Å². The Bertz CT molecular complexity index is 927. The first kappa shape index (κ1) is 14.8. The number of carbonyl (C=O) groups excluding carboxylic acids is 1. The topological polar surface area (TPSA) is 60.3 Å². The normalized spacial score (nSPS) is 10.5. The van der Waals surface area contributed by atoms with Gasteiger partial charge in [0.05, 0.1) is 12.7 Å². The number of rotatable bonds is 3. The molecular weight excluding hydrogens is 292 g/mol. The fourth-order valence-electron chi connectivity index (χ4n) is 2.47. The van der Waals surface area contributed by atoms with Crippen LogP contribution in [-0.2, 0) is 7.05 Å². The van der Waals surface area contributed by atoms with Crippen LogP contribution in [0.15, 0.2) is 59.5 Å². The van der Waals surface area contributed by atoms with Gasteiger partial charge in [-0.1, -0.05) is 18.2 Å². The summed E-state index contributed by atoms with van der Waals surface area (Å²) in [7, 11) is 3.23. The smallest absolute Gasteiger partial charge is 0.258 e. The second kappa shape index (κ2) is 5.96. The summed E-state index contributed by atoms with van der Waals surface area (Å²) in [6.45, 7) is 0. The van der Waals surface area contributed by atoms with Gasteiger partial charge in [-0.25, -0.2) is 0 Å². The van der Waals surface area contributed by atoms with E-state index in [1.807, 2.05) is 6.07 Å². The number of anilines is 1. The minimum absolute atomic E-state index is 0.124. The molecule has 5 heteroatoms. The van der Waals surface area contributed by atoms with E-state index in [-0.39, 0.29) is 11.5 Å². The highest BCUT2D eigenvalue weighted by atomic mass is 16.5. The van der Waals surface area contributed by atoms with Crippen LogP contribution in [0.1, 0.15) is 10.4 Å². The third-order valence-corrected chi connectivity index (χ3v) is 3.68. The lowest BCUT2D eigenvalue weighted by atomic mass is 10.1. The Morgan fingerprint density at radius 1 is 1.04 bits per heavy atom. The molecule has 2 aromatic carbocycles. The standard InChI is InChI=1S/C18H16N2O3/c1-20-11-16(14-5-3-4-6-15(14)18(20)22)17(21)19-12-7-9-13(23-2)10-8-12/h3-11H,1-2H3,(H,19,21). The van der Waals surface area contributed by atoms with Crippen LogP contribution in [-0.4, -0.2) is 17.6 Å². The number of carbonyl (C=O) groups is 1. The molecule has 0 aliphatic heterocycles. The van der Waals surface area contributed by atoms with Gasteiger partial charge in [0.25, 0.3) is 11.5 Å². The van der Waals surface area contributed by atoms with Crippen molar-refractivity contribution in [3.05, 3.63) is 70.6 Å². The Kier molecular flexibility index (Phi) is 3.85. The van der Waals surface area contributed by atoms with Crippen LogP contribution >= 0.6 is 0 Å². The molecule has 0 atom stereocenters. The minimum Gasteiger partial charge on any atom is -0.497 e. The molecule has 0 unspecified atom stereocenters. The Morgan fingerprint density at radius 3 is 2.35 bits per heavy atom. The molecule has 3 aromatic rings. The molecule has 1 heterocycles. The molecule has 0 aliphatic carbocycles. The van der Waals surface area contributed by atoms with E-state index in [0.717, 1.165) is 5.75 Å². The van der Waals surface area contributed by atoms with Crippen molar-refractivity contribution in [3.63, 3.8) is 0 Å². The molecule has 0 bridgehead atoms. The summed E-state index contributed by atoms with van der Waals surface area (Å²) in [5.74, 6) is 0.456. The van der Waals surface area contributed by atoms with Crippen molar-refractivity contribution >= 4 is 22.4 Å². The van der Waals surface area contributed by atoms with Crippen molar-refractivity contribution in [2.75, 3.05) is 12.4 Å². The van der Waals surface area contributed by atoms with Crippen molar-refractivity contribution < 1.29 is 9.53 Å². The van der Waals surface area contributed by atoms with Crippen LogP contribution in [0.5, 0.6) is 5.75 Å². The summed E-state index contributed by atoms with van der Waals surface area (Å²) in [5, 5.41) is 4.00. The van der Waals surface area contributed by atoms with Crippen molar-refractivity contribution in [3.8, 4) is 5.75 Å². The molecule has 3 rings (SSSR count). The Morgan fingerprint density at radius 2 is 1.70 bits per heavy atom. The predicted molar refractivity (Wildman–Crippen MR) is 90.1 cm³/mol. The van der Waals surface area contributed by atoms with E-state index in [0.29, 0.717) is 22.0 Å². The summed E-state index contributed by atoms with van der Waals surface area (Å²) in [4.78, 5) is 24.7. The number of ether oxygens (including phenoxy) is 1. The van der Waals surface area contributed by atoms with Crippen LogP contribution in [0.3, 0.4) is 0 Å². The molecule has 0 spiro atoms. The predicted octanol–water partition coefficient (Wildman–Crippen LogP) is 2.80. The van der Waals surface area contributed by atoms with Crippen molar-refractivity contribution in [2.24, 2.45) is 7.05 Å². The van der Waals surface area contributed by atoms with Crippen LogP contribution < -0.4 is 15.6 Å². The number of hydrogen-bond donors (Lipinski definition) is 1. The number of methoxy groups -OCH3 is 1. The molecule has 0 aliphatic rings. The third-order valence-electron chi connectivity index (χ3n) is 3.68. The van der Waals surface area contributed by atoms with Gasteiger partial charge in [0, 0.05) is 29.7 Å². The van der Waals surface area contributed by atoms with Gasteiger partial charge >= 0.3 is 0 Å². The number of amides is 1. The first-order valence-corrected chi connectivity index (χ1v) is 7.14. The molecule has 1 N–H and O–H groups in total. The number of pyridine rings is 1. The number of aromatic nitrogens is 1. The first-order chi connectivity index (χ1) is 11.1. The Labute approximate surface area is 133 Å². The van der Waals surface area contributed by atoms with Crippen LogP contribution in [0.4, 0.5) is 5.69 Å². The van der Waals surface area contributed by atoms with E-state index < -0.39 is 0 Å². The van der Waals surface area contributed by atoms with E-state index in [1.54, 1.807) is 62.8 Å². The van der Waals surface area contributed by atoms with Gasteiger partial charge < -0.3 is 14.6 Å². The average molecular weight is 308 g/mol.